The van der Waals surface area contributed by atoms with Gasteiger partial charge < -0.3 is 9.32 Å². The number of anilines is 3. The van der Waals surface area contributed by atoms with Crippen molar-refractivity contribution in [3.8, 4) is 33.4 Å². The molecule has 0 amide bonds. The number of fused-ring (bicyclic) bond motifs is 8. The van der Waals surface area contributed by atoms with E-state index in [0.717, 1.165) is 39.0 Å². The molecule has 0 atom stereocenters. The largest absolute Gasteiger partial charge is 0.455 e. The third-order valence-corrected chi connectivity index (χ3v) is 17.6. The van der Waals surface area contributed by atoms with Gasteiger partial charge in [-0.05, 0) is 108 Å². The molecule has 0 spiro atoms. The van der Waals surface area contributed by atoms with Gasteiger partial charge in [0.05, 0.1) is 0 Å². The van der Waals surface area contributed by atoms with Gasteiger partial charge in [0.15, 0.2) is 8.07 Å². The van der Waals surface area contributed by atoms with Crippen molar-refractivity contribution in [2.45, 2.75) is 0 Å². The molecule has 0 saturated heterocycles. The number of benzene rings is 10. The molecule has 2 nitrogen and oxygen atoms in total. The Hall–Kier alpha value is -7.72. The van der Waals surface area contributed by atoms with Crippen LogP contribution in [0.15, 0.2) is 241 Å². The van der Waals surface area contributed by atoms with Crippen LogP contribution in [0, 0.1) is 0 Å². The lowest BCUT2D eigenvalue weighted by atomic mass is 10.00. The molecule has 0 saturated carbocycles. The standard InChI is InChI=1S/C58H39NOSi/c1-4-15-40(16-5-1)42-29-31-46(32-30-42)59(47-20-14-19-44(38-47)45-28-27-41-17-10-11-18-43(41)37-45)48-33-34-53-56(39-48)61(49-21-6-2-7-22-49,50-23-8-3-9-24-50)55-36-35-52-51-25-12-13-26-54(51)60-58(52)57(53)55/h1-39H. The molecular formula is C58H39NOSi. The van der Waals surface area contributed by atoms with Gasteiger partial charge in [0.2, 0.25) is 0 Å². The van der Waals surface area contributed by atoms with Crippen molar-refractivity contribution in [2.75, 3.05) is 4.90 Å². The first-order valence-corrected chi connectivity index (χ1v) is 23.0. The van der Waals surface area contributed by atoms with Crippen LogP contribution in [-0.2, 0) is 0 Å². The van der Waals surface area contributed by atoms with Gasteiger partial charge in [-0.15, -0.1) is 0 Å². The maximum Gasteiger partial charge on any atom is 0.181 e. The van der Waals surface area contributed by atoms with Crippen LogP contribution in [0.3, 0.4) is 0 Å². The van der Waals surface area contributed by atoms with Crippen LogP contribution in [0.25, 0.3) is 66.1 Å². The summed E-state index contributed by atoms with van der Waals surface area (Å²) in [6, 6.07) is 86.8. The smallest absolute Gasteiger partial charge is 0.181 e. The monoisotopic (exact) mass is 793 g/mol. The van der Waals surface area contributed by atoms with E-state index in [9.17, 15) is 0 Å². The van der Waals surface area contributed by atoms with E-state index in [0.29, 0.717) is 0 Å². The van der Waals surface area contributed by atoms with E-state index in [1.807, 2.05) is 0 Å². The predicted molar refractivity (Wildman–Crippen MR) is 259 cm³/mol. The van der Waals surface area contributed by atoms with Crippen LogP contribution >= 0.6 is 0 Å². The summed E-state index contributed by atoms with van der Waals surface area (Å²) in [4.78, 5) is 2.44. The van der Waals surface area contributed by atoms with Gasteiger partial charge in [-0.25, -0.2) is 0 Å². The first kappa shape index (κ1) is 35.2. The molecule has 0 fully saturated rings. The molecule has 286 valence electrons. The molecule has 0 radical (unpaired) electrons. The van der Waals surface area contributed by atoms with Crippen molar-refractivity contribution in [1.82, 2.24) is 0 Å². The van der Waals surface area contributed by atoms with Gasteiger partial charge in [-0.1, -0.05) is 188 Å². The molecule has 1 aliphatic heterocycles. The summed E-state index contributed by atoms with van der Waals surface area (Å²) in [6.07, 6.45) is 0. The van der Waals surface area contributed by atoms with Gasteiger partial charge in [-0.3, -0.25) is 0 Å². The summed E-state index contributed by atoms with van der Waals surface area (Å²) in [5.41, 5.74) is 12.4. The van der Waals surface area contributed by atoms with Gasteiger partial charge >= 0.3 is 0 Å². The summed E-state index contributed by atoms with van der Waals surface area (Å²) in [6.45, 7) is 0. The summed E-state index contributed by atoms with van der Waals surface area (Å²) >= 11 is 0. The molecule has 0 N–H and O–H groups in total. The Morgan fingerprint density at radius 2 is 0.934 bits per heavy atom. The number of rotatable bonds is 7. The van der Waals surface area contributed by atoms with Gasteiger partial charge in [0, 0.05) is 33.4 Å². The molecule has 0 aliphatic carbocycles. The Labute approximate surface area is 356 Å². The van der Waals surface area contributed by atoms with Crippen LogP contribution in [0.5, 0.6) is 0 Å². The Bertz CT molecular complexity index is 3370. The van der Waals surface area contributed by atoms with Crippen LogP contribution in [-0.4, -0.2) is 8.07 Å². The minimum absolute atomic E-state index is 0.916. The molecule has 2 heterocycles. The van der Waals surface area contributed by atoms with Crippen molar-refractivity contribution < 1.29 is 4.42 Å². The fraction of sp³-hybridized carbons (Fsp3) is 0. The van der Waals surface area contributed by atoms with Crippen molar-refractivity contribution in [1.29, 1.82) is 0 Å². The molecule has 61 heavy (non-hydrogen) atoms. The highest BCUT2D eigenvalue weighted by Crippen LogP contribution is 2.43. The summed E-state index contributed by atoms with van der Waals surface area (Å²) in [5.74, 6) is 0. The maximum absolute atomic E-state index is 6.88. The highest BCUT2D eigenvalue weighted by atomic mass is 28.3. The first-order chi connectivity index (χ1) is 30.2. The summed E-state index contributed by atoms with van der Waals surface area (Å²) in [5, 5.41) is 10.2. The third-order valence-electron chi connectivity index (χ3n) is 12.7. The zero-order valence-electron chi connectivity index (χ0n) is 33.4. The number of hydrogen-bond acceptors (Lipinski definition) is 2. The van der Waals surface area contributed by atoms with Crippen LogP contribution < -0.4 is 25.6 Å². The molecule has 12 rings (SSSR count). The van der Waals surface area contributed by atoms with E-state index in [1.54, 1.807) is 0 Å². The Morgan fingerprint density at radius 1 is 0.344 bits per heavy atom. The number of furan rings is 1. The van der Waals surface area contributed by atoms with Crippen molar-refractivity contribution >= 4 is 78.6 Å². The van der Waals surface area contributed by atoms with E-state index < -0.39 is 8.07 Å². The molecule has 1 aliphatic rings. The zero-order chi connectivity index (χ0) is 40.3. The second-order valence-corrected chi connectivity index (χ2v) is 19.8. The third kappa shape index (κ3) is 5.62. The lowest BCUT2D eigenvalue weighted by Gasteiger charge is -2.33. The number of para-hydroxylation sites is 1. The highest BCUT2D eigenvalue weighted by Gasteiger charge is 2.50. The van der Waals surface area contributed by atoms with E-state index in [1.165, 1.54) is 64.9 Å². The normalized spacial score (nSPS) is 12.7. The fourth-order valence-corrected chi connectivity index (χ4v) is 15.1. The van der Waals surface area contributed by atoms with Gasteiger partial charge in [0.25, 0.3) is 0 Å². The second kappa shape index (κ2) is 14.2. The average molecular weight is 794 g/mol. The predicted octanol–water partition coefficient (Wildman–Crippen LogP) is 12.9. The number of nitrogens with zero attached hydrogens (tertiary/aromatic N) is 1. The Morgan fingerprint density at radius 3 is 1.70 bits per heavy atom. The second-order valence-electron chi connectivity index (χ2n) is 16.0. The van der Waals surface area contributed by atoms with E-state index in [4.69, 9.17) is 4.42 Å². The zero-order valence-corrected chi connectivity index (χ0v) is 34.4. The summed E-state index contributed by atoms with van der Waals surface area (Å²) in [7, 11) is -2.90. The van der Waals surface area contributed by atoms with Gasteiger partial charge in [-0.2, -0.15) is 0 Å². The van der Waals surface area contributed by atoms with E-state index >= 15 is 0 Å². The lowest BCUT2D eigenvalue weighted by molar-refractivity contribution is 0.670. The molecule has 11 aromatic rings. The molecule has 0 unspecified atom stereocenters. The van der Waals surface area contributed by atoms with Crippen molar-refractivity contribution in [2.24, 2.45) is 0 Å². The van der Waals surface area contributed by atoms with E-state index in [-0.39, 0.29) is 0 Å². The Balaban J connectivity index is 1.11. The molecular weight excluding hydrogens is 755 g/mol. The molecule has 10 aromatic carbocycles. The van der Waals surface area contributed by atoms with Crippen LogP contribution in [0.2, 0.25) is 0 Å². The SMILES string of the molecule is c1ccc(-c2ccc(N(c3cccc(-c4ccc5ccccc5c4)c3)c3ccc4c(c3)[Si](c3ccccc3)(c3ccccc3)c3ccc5c(oc6ccccc65)c3-4)cc2)cc1. The van der Waals surface area contributed by atoms with Crippen molar-refractivity contribution in [3.63, 3.8) is 0 Å². The fourth-order valence-electron chi connectivity index (χ4n) is 9.95. The maximum atomic E-state index is 6.88. The lowest BCUT2D eigenvalue weighted by Crippen LogP contribution is -2.72. The minimum Gasteiger partial charge on any atom is -0.455 e. The quantitative estimate of drug-likeness (QED) is 0.149. The van der Waals surface area contributed by atoms with E-state index in [2.05, 4.69) is 241 Å². The molecule has 0 bridgehead atoms. The van der Waals surface area contributed by atoms with Crippen LogP contribution in [0.4, 0.5) is 17.1 Å². The van der Waals surface area contributed by atoms with Crippen LogP contribution in [0.1, 0.15) is 0 Å². The molecule has 1 aromatic heterocycles. The first-order valence-electron chi connectivity index (χ1n) is 21.0. The Kier molecular flexibility index (Phi) is 8.22. The highest BCUT2D eigenvalue weighted by molar-refractivity contribution is 7.22. The van der Waals surface area contributed by atoms with Crippen molar-refractivity contribution in [3.05, 3.63) is 237 Å². The average Bonchev–Trinajstić information content (AvgIpc) is 3.86. The number of hydrogen-bond donors (Lipinski definition) is 0. The minimum atomic E-state index is -2.90. The molecule has 3 heteroatoms. The van der Waals surface area contributed by atoms with Gasteiger partial charge in [0.1, 0.15) is 11.2 Å². The topological polar surface area (TPSA) is 16.4 Å². The summed E-state index contributed by atoms with van der Waals surface area (Å²) < 4.78 is 6.88.